The lowest BCUT2D eigenvalue weighted by molar-refractivity contribution is 1.10. The van der Waals surface area contributed by atoms with Crippen molar-refractivity contribution in [3.8, 4) is 33.9 Å². The van der Waals surface area contributed by atoms with Crippen LogP contribution < -0.4 is 0 Å². The fraction of sp³-hybridized carbons (Fsp3) is 0. The summed E-state index contributed by atoms with van der Waals surface area (Å²) in [6, 6.07) is 41.3. The molecule has 0 spiro atoms. The third-order valence-electron chi connectivity index (χ3n) is 8.13. The quantitative estimate of drug-likeness (QED) is 0.215. The zero-order chi connectivity index (χ0) is 29.0. The van der Waals surface area contributed by atoms with Gasteiger partial charge in [-0.2, -0.15) is 0 Å². The van der Waals surface area contributed by atoms with Gasteiger partial charge in [-0.25, -0.2) is 0 Å². The van der Waals surface area contributed by atoms with E-state index >= 15 is 0 Å². The molecule has 0 aliphatic heterocycles. The van der Waals surface area contributed by atoms with Crippen molar-refractivity contribution < 1.29 is 0 Å². The van der Waals surface area contributed by atoms with Gasteiger partial charge in [0.15, 0.2) is 0 Å². The van der Waals surface area contributed by atoms with E-state index in [1.54, 1.807) is 0 Å². The molecule has 0 amide bonds. The van der Waals surface area contributed by atoms with Crippen molar-refractivity contribution in [3.63, 3.8) is 0 Å². The van der Waals surface area contributed by atoms with E-state index < -0.39 is 0 Å². The van der Waals surface area contributed by atoms with Crippen LogP contribution in [0.1, 0.15) is 0 Å². The van der Waals surface area contributed by atoms with Gasteiger partial charge in [-0.1, -0.05) is 48.5 Å². The largest absolute Gasteiger partial charge is 0.306 e. The Hall–Kier alpha value is -6.21. The van der Waals surface area contributed by atoms with Crippen LogP contribution in [0, 0.1) is 0 Å². The van der Waals surface area contributed by atoms with Crippen LogP contribution in [0.4, 0.5) is 0 Å². The van der Waals surface area contributed by atoms with E-state index in [-0.39, 0.29) is 0 Å². The molecule has 6 aromatic heterocycles. The number of pyridine rings is 3. The lowest BCUT2D eigenvalue weighted by atomic mass is 10.0. The fourth-order valence-electron chi connectivity index (χ4n) is 6.27. The molecule has 0 N–H and O–H groups in total. The molecule has 0 saturated heterocycles. The molecule has 7 nitrogen and oxygen atoms in total. The fourth-order valence-corrected chi connectivity index (χ4v) is 6.27. The molecule has 0 aliphatic rings. The summed E-state index contributed by atoms with van der Waals surface area (Å²) in [5.74, 6) is 0. The zero-order valence-electron chi connectivity index (χ0n) is 23.4. The standard InChI is InChI=1S/C37H23N7/c1-2-11-26(12-3-1)43-32-17-10-20-40-34(32)35-37(43)36-33(41-42-35)28-13-4-5-16-31(28)44(36)27-22-24(29-14-6-8-18-38-29)21-25(23-27)30-15-7-9-19-39-30/h1-23H. The molecule has 0 unspecified atom stereocenters. The number of nitrogens with zero attached hydrogens (tertiary/aromatic N) is 7. The molecule has 0 bridgehead atoms. The summed E-state index contributed by atoms with van der Waals surface area (Å²) in [5.41, 5.74) is 12.1. The van der Waals surface area contributed by atoms with Crippen molar-refractivity contribution in [2.75, 3.05) is 0 Å². The van der Waals surface area contributed by atoms with Crippen LogP contribution in [-0.4, -0.2) is 34.3 Å². The van der Waals surface area contributed by atoms with Crippen molar-refractivity contribution in [1.29, 1.82) is 0 Å². The van der Waals surface area contributed by atoms with Gasteiger partial charge in [-0.15, -0.1) is 10.2 Å². The molecule has 9 aromatic rings. The maximum atomic E-state index is 4.85. The van der Waals surface area contributed by atoms with E-state index in [2.05, 4.69) is 81.9 Å². The Morgan fingerprint density at radius 2 is 1.00 bits per heavy atom. The van der Waals surface area contributed by atoms with Crippen LogP contribution in [-0.2, 0) is 0 Å². The number of benzene rings is 3. The Balaban J connectivity index is 1.48. The summed E-state index contributed by atoms with van der Waals surface area (Å²) in [6.45, 7) is 0. The SMILES string of the molecule is c1ccc(-n2c3cccnc3c3nnc4c5ccccc5n(-c5cc(-c6ccccn6)cc(-c6ccccn6)c5)c4c32)cc1. The third-order valence-corrected chi connectivity index (χ3v) is 8.13. The normalized spacial score (nSPS) is 11.6. The van der Waals surface area contributed by atoms with Gasteiger partial charge in [0, 0.05) is 46.5 Å². The van der Waals surface area contributed by atoms with Crippen molar-refractivity contribution in [1.82, 2.24) is 34.3 Å². The molecule has 0 atom stereocenters. The lowest BCUT2D eigenvalue weighted by Gasteiger charge is -2.14. The van der Waals surface area contributed by atoms with Crippen molar-refractivity contribution >= 4 is 44.0 Å². The monoisotopic (exact) mass is 565 g/mol. The minimum absolute atomic E-state index is 0.756. The first kappa shape index (κ1) is 24.4. The summed E-state index contributed by atoms with van der Waals surface area (Å²) in [6.07, 6.45) is 5.47. The highest BCUT2D eigenvalue weighted by molar-refractivity contribution is 6.20. The predicted octanol–water partition coefficient (Wildman–Crippen LogP) is 8.19. The highest BCUT2D eigenvalue weighted by Crippen LogP contribution is 2.40. The molecule has 7 heteroatoms. The van der Waals surface area contributed by atoms with Gasteiger partial charge in [0.2, 0.25) is 0 Å². The van der Waals surface area contributed by atoms with Gasteiger partial charge >= 0.3 is 0 Å². The minimum atomic E-state index is 0.756. The minimum Gasteiger partial charge on any atom is -0.306 e. The predicted molar refractivity (Wildman–Crippen MR) is 175 cm³/mol. The van der Waals surface area contributed by atoms with Crippen LogP contribution in [0.15, 0.2) is 140 Å². The molecule has 206 valence electrons. The molecule has 6 heterocycles. The van der Waals surface area contributed by atoms with Gasteiger partial charge in [-0.05, 0) is 72.8 Å². The molecule has 0 radical (unpaired) electrons. The van der Waals surface area contributed by atoms with Crippen molar-refractivity contribution in [2.24, 2.45) is 0 Å². The molecule has 44 heavy (non-hydrogen) atoms. The van der Waals surface area contributed by atoms with E-state index in [1.807, 2.05) is 67.1 Å². The Bertz CT molecular complexity index is 2420. The zero-order valence-corrected chi connectivity index (χ0v) is 23.4. The molecule has 0 aliphatic carbocycles. The van der Waals surface area contributed by atoms with Crippen LogP contribution in [0.2, 0.25) is 0 Å². The van der Waals surface area contributed by atoms with E-state index in [1.165, 1.54) is 0 Å². The number of para-hydroxylation sites is 2. The first-order valence-electron chi connectivity index (χ1n) is 14.4. The summed E-state index contributed by atoms with van der Waals surface area (Å²) < 4.78 is 4.56. The second-order valence-corrected chi connectivity index (χ2v) is 10.7. The van der Waals surface area contributed by atoms with Crippen LogP contribution in [0.25, 0.3) is 77.9 Å². The van der Waals surface area contributed by atoms with E-state index in [0.717, 1.165) is 77.9 Å². The maximum absolute atomic E-state index is 4.85. The third kappa shape index (κ3) is 3.66. The summed E-state index contributed by atoms with van der Waals surface area (Å²) in [5, 5.41) is 10.7. The molecule has 0 fully saturated rings. The number of hydrogen-bond donors (Lipinski definition) is 0. The van der Waals surface area contributed by atoms with Crippen LogP contribution in [0.3, 0.4) is 0 Å². The highest BCUT2D eigenvalue weighted by Gasteiger charge is 2.24. The summed E-state index contributed by atoms with van der Waals surface area (Å²) in [4.78, 5) is 14.2. The Labute approximate surface area is 251 Å². The Morgan fingerprint density at radius 1 is 0.409 bits per heavy atom. The van der Waals surface area contributed by atoms with Gasteiger partial charge in [0.1, 0.15) is 27.6 Å². The van der Waals surface area contributed by atoms with Gasteiger partial charge < -0.3 is 9.13 Å². The van der Waals surface area contributed by atoms with Crippen LogP contribution in [0.5, 0.6) is 0 Å². The average molecular weight is 566 g/mol. The van der Waals surface area contributed by atoms with E-state index in [9.17, 15) is 0 Å². The Kier molecular flexibility index (Phi) is 5.36. The smallest absolute Gasteiger partial charge is 0.140 e. The van der Waals surface area contributed by atoms with Gasteiger partial charge in [-0.3, -0.25) is 15.0 Å². The molecule has 3 aromatic carbocycles. The highest BCUT2D eigenvalue weighted by atomic mass is 15.2. The molecular formula is C37H23N7. The second kappa shape index (κ2) is 9.68. The van der Waals surface area contributed by atoms with Gasteiger partial charge in [0.05, 0.1) is 22.4 Å². The van der Waals surface area contributed by atoms with Crippen LogP contribution >= 0.6 is 0 Å². The van der Waals surface area contributed by atoms with Gasteiger partial charge in [0.25, 0.3) is 0 Å². The summed E-state index contributed by atoms with van der Waals surface area (Å²) in [7, 11) is 0. The first-order chi connectivity index (χ1) is 21.8. The topological polar surface area (TPSA) is 74.3 Å². The van der Waals surface area contributed by atoms with E-state index in [0.29, 0.717) is 0 Å². The summed E-state index contributed by atoms with van der Waals surface area (Å²) >= 11 is 0. The number of aromatic nitrogens is 7. The molecule has 9 rings (SSSR count). The van der Waals surface area contributed by atoms with E-state index in [4.69, 9.17) is 25.1 Å². The van der Waals surface area contributed by atoms with Crippen molar-refractivity contribution in [2.45, 2.75) is 0 Å². The number of fused-ring (bicyclic) bond motifs is 7. The number of rotatable bonds is 4. The number of hydrogen-bond acceptors (Lipinski definition) is 5. The first-order valence-corrected chi connectivity index (χ1v) is 14.4. The molecular weight excluding hydrogens is 542 g/mol. The lowest BCUT2D eigenvalue weighted by Crippen LogP contribution is -2.01. The maximum Gasteiger partial charge on any atom is 0.140 e. The average Bonchev–Trinajstić information content (AvgIpc) is 3.62. The van der Waals surface area contributed by atoms with Crippen molar-refractivity contribution in [3.05, 3.63) is 140 Å². The second-order valence-electron chi connectivity index (χ2n) is 10.7. The molecule has 0 saturated carbocycles. The Morgan fingerprint density at radius 3 is 1.73 bits per heavy atom.